The van der Waals surface area contributed by atoms with Crippen molar-refractivity contribution in [3.8, 4) is 0 Å². The van der Waals surface area contributed by atoms with Crippen molar-refractivity contribution in [2.45, 2.75) is 59.4 Å². The third-order valence-electron chi connectivity index (χ3n) is 4.21. The van der Waals surface area contributed by atoms with Gasteiger partial charge in [-0.25, -0.2) is 0 Å². The van der Waals surface area contributed by atoms with Crippen LogP contribution in [0.15, 0.2) is 17.0 Å². The van der Waals surface area contributed by atoms with Gasteiger partial charge in [-0.2, -0.15) is 0 Å². The predicted octanol–water partition coefficient (Wildman–Crippen LogP) is 3.61. The van der Waals surface area contributed by atoms with Crippen LogP contribution < -0.4 is 4.72 Å². The van der Waals surface area contributed by atoms with E-state index in [1.54, 1.807) is 0 Å². The molecule has 0 amide bonds. The summed E-state index contributed by atoms with van der Waals surface area (Å²) in [4.78, 5) is 12.4. The molecule has 0 spiro atoms. The number of hydrogen-bond donors (Lipinski definition) is 2. The van der Waals surface area contributed by atoms with Crippen molar-refractivity contribution >= 4 is 17.3 Å². The maximum atomic E-state index is 12.8. The van der Waals surface area contributed by atoms with Crippen molar-refractivity contribution in [1.29, 1.82) is 0 Å². The summed E-state index contributed by atoms with van der Waals surface area (Å²) in [6.07, 6.45) is 0. The van der Waals surface area contributed by atoms with E-state index in [9.17, 15) is 14.5 Å². The van der Waals surface area contributed by atoms with Crippen molar-refractivity contribution < 1.29 is 14.5 Å². The molecule has 4 nitrogen and oxygen atoms in total. The van der Waals surface area contributed by atoms with Gasteiger partial charge in [0.2, 0.25) is 0 Å². The van der Waals surface area contributed by atoms with Gasteiger partial charge < -0.3 is 9.66 Å². The van der Waals surface area contributed by atoms with Crippen LogP contribution in [0.4, 0.5) is 0 Å². The number of aryl methyl sites for hydroxylation is 3. The number of rotatable bonds is 7. The summed E-state index contributed by atoms with van der Waals surface area (Å²) in [6.45, 7) is 13.8. The van der Waals surface area contributed by atoms with Crippen LogP contribution in [0.5, 0.6) is 0 Å². The van der Waals surface area contributed by atoms with Crippen LogP contribution in [0.1, 0.15) is 44.4 Å². The summed E-state index contributed by atoms with van der Waals surface area (Å²) in [5.41, 5.74) is 2.95. The molecule has 2 unspecified atom stereocenters. The van der Waals surface area contributed by atoms with Crippen molar-refractivity contribution in [2.75, 3.05) is 0 Å². The summed E-state index contributed by atoms with van der Waals surface area (Å²) in [5.74, 6) is -0.683. The standard InChI is InChI=1S/C18H29NO3S/c1-10(2)15(11(3)4)16(18(20)21)19-23(22)17-13(6)8-12(5)9-14(17)7/h8-11,15-16,19H,1-7H3,(H,20,21). The van der Waals surface area contributed by atoms with Gasteiger partial charge in [0.1, 0.15) is 0 Å². The Kier molecular flexibility index (Phi) is 7.11. The number of carboxylic acids is 1. The molecule has 130 valence electrons. The highest BCUT2D eigenvalue weighted by atomic mass is 32.2. The molecule has 23 heavy (non-hydrogen) atoms. The molecule has 2 N–H and O–H groups in total. The Morgan fingerprint density at radius 2 is 1.52 bits per heavy atom. The third-order valence-corrected chi connectivity index (χ3v) is 5.70. The summed E-state index contributed by atoms with van der Waals surface area (Å²) in [5, 5.41) is 9.62. The van der Waals surface area contributed by atoms with Crippen LogP contribution in [0.2, 0.25) is 0 Å². The first-order valence-electron chi connectivity index (χ1n) is 8.04. The molecule has 0 aromatic heterocycles. The summed E-state index contributed by atoms with van der Waals surface area (Å²) in [7, 11) is 0. The van der Waals surface area contributed by atoms with E-state index < -0.39 is 23.4 Å². The number of nitrogens with one attached hydrogen (secondary N) is 1. The fraction of sp³-hybridized carbons (Fsp3) is 0.611. The maximum Gasteiger partial charge on any atom is 0.325 e. The molecule has 0 aliphatic carbocycles. The van der Waals surface area contributed by atoms with E-state index in [-0.39, 0.29) is 17.8 Å². The van der Waals surface area contributed by atoms with Gasteiger partial charge in [-0.05, 0) is 38.5 Å². The Morgan fingerprint density at radius 3 is 1.87 bits per heavy atom. The van der Waals surface area contributed by atoms with Crippen LogP contribution in [0, 0.1) is 38.5 Å². The average Bonchev–Trinajstić information content (AvgIpc) is 2.35. The van der Waals surface area contributed by atoms with Gasteiger partial charge in [-0.1, -0.05) is 45.4 Å². The van der Waals surface area contributed by atoms with Gasteiger partial charge in [0, 0.05) is 11.1 Å². The number of benzene rings is 1. The molecular weight excluding hydrogens is 310 g/mol. The highest BCUT2D eigenvalue weighted by molar-refractivity contribution is 7.89. The summed E-state index contributed by atoms with van der Waals surface area (Å²) < 4.78 is 15.7. The molecule has 2 atom stereocenters. The zero-order valence-corrected chi connectivity index (χ0v) is 16.0. The zero-order chi connectivity index (χ0) is 17.9. The van der Waals surface area contributed by atoms with Crippen molar-refractivity contribution in [3.63, 3.8) is 0 Å². The third kappa shape index (κ3) is 4.96. The van der Waals surface area contributed by atoms with E-state index >= 15 is 0 Å². The van der Waals surface area contributed by atoms with Crippen LogP contribution in [-0.2, 0) is 16.2 Å². The number of hydrogen-bond acceptors (Lipinski definition) is 3. The molecule has 0 saturated heterocycles. The smallest absolute Gasteiger partial charge is 0.325 e. The van der Waals surface area contributed by atoms with Crippen molar-refractivity contribution in [2.24, 2.45) is 17.8 Å². The molecule has 1 aromatic carbocycles. The molecule has 0 aliphatic rings. The van der Waals surface area contributed by atoms with Gasteiger partial charge in [-0.15, -0.1) is 4.72 Å². The minimum atomic E-state index is -1.55. The first-order chi connectivity index (χ1) is 10.6. The molecule has 0 radical (unpaired) electrons. The Labute approximate surface area is 143 Å². The predicted molar refractivity (Wildman–Crippen MR) is 94.8 cm³/mol. The van der Waals surface area contributed by atoms with Gasteiger partial charge in [0.05, 0.1) is 11.4 Å². The van der Waals surface area contributed by atoms with E-state index in [1.807, 2.05) is 60.6 Å². The van der Waals surface area contributed by atoms with Gasteiger partial charge in [0.25, 0.3) is 0 Å². The lowest BCUT2D eigenvalue weighted by molar-refractivity contribution is -0.141. The second-order valence-electron chi connectivity index (χ2n) is 7.00. The van der Waals surface area contributed by atoms with Crippen LogP contribution in [0.25, 0.3) is 0 Å². The maximum absolute atomic E-state index is 12.8. The molecule has 0 fully saturated rings. The quantitative estimate of drug-likeness (QED) is 0.744. The van der Waals surface area contributed by atoms with Gasteiger partial charge >= 0.3 is 5.97 Å². The highest BCUT2D eigenvalue weighted by Crippen LogP contribution is 2.27. The molecule has 5 heteroatoms. The lowest BCUT2D eigenvalue weighted by atomic mass is 9.80. The Hall–Kier alpha value is -1.04. The van der Waals surface area contributed by atoms with E-state index in [4.69, 9.17) is 0 Å². The molecule has 0 saturated carbocycles. The fourth-order valence-electron chi connectivity index (χ4n) is 3.47. The minimum Gasteiger partial charge on any atom is -0.593 e. The second-order valence-corrected chi connectivity index (χ2v) is 8.18. The highest BCUT2D eigenvalue weighted by Gasteiger charge is 2.37. The molecule has 0 heterocycles. The lowest BCUT2D eigenvalue weighted by Crippen LogP contribution is -2.49. The van der Waals surface area contributed by atoms with Crippen molar-refractivity contribution in [1.82, 2.24) is 4.72 Å². The van der Waals surface area contributed by atoms with Crippen LogP contribution in [0.3, 0.4) is 0 Å². The Balaban J connectivity index is 3.13. The van der Waals surface area contributed by atoms with Crippen LogP contribution >= 0.6 is 0 Å². The van der Waals surface area contributed by atoms with E-state index in [2.05, 4.69) is 4.72 Å². The molecule has 0 aliphatic heterocycles. The lowest BCUT2D eigenvalue weighted by Gasteiger charge is -2.31. The van der Waals surface area contributed by atoms with Crippen molar-refractivity contribution in [3.05, 3.63) is 28.8 Å². The average molecular weight is 340 g/mol. The summed E-state index contributed by atoms with van der Waals surface area (Å²) in [6, 6.07) is 3.11. The molecule has 0 bridgehead atoms. The monoisotopic (exact) mass is 339 g/mol. The number of aliphatic carboxylic acids is 1. The number of carbonyl (C=O) groups is 1. The summed E-state index contributed by atoms with van der Waals surface area (Å²) >= 11 is -1.55. The van der Waals surface area contributed by atoms with Gasteiger partial charge in [-0.3, -0.25) is 4.79 Å². The molecule has 1 rings (SSSR count). The minimum absolute atomic E-state index is 0.0949. The largest absolute Gasteiger partial charge is 0.593 e. The normalized spacial score (nSPS) is 14.6. The van der Waals surface area contributed by atoms with E-state index in [1.165, 1.54) is 0 Å². The molecule has 1 aromatic rings. The van der Waals surface area contributed by atoms with E-state index in [0.717, 1.165) is 16.7 Å². The van der Waals surface area contributed by atoms with Gasteiger partial charge in [0.15, 0.2) is 10.9 Å². The Bertz CT molecular complexity index is 526. The first-order valence-corrected chi connectivity index (χ1v) is 9.19. The molecular formula is C18H29NO3S. The SMILES string of the molecule is Cc1cc(C)c([S+]([O-])NC(C(=O)O)C(C(C)C)C(C)C)c(C)c1. The fourth-order valence-corrected chi connectivity index (χ4v) is 4.78. The zero-order valence-electron chi connectivity index (χ0n) is 15.1. The number of carboxylic acid groups (broad SMARTS) is 1. The van der Waals surface area contributed by atoms with E-state index in [0.29, 0.717) is 4.90 Å². The first kappa shape index (κ1) is 20.0. The van der Waals surface area contributed by atoms with Crippen LogP contribution in [-0.4, -0.2) is 21.7 Å². The Morgan fingerprint density at radius 1 is 1.09 bits per heavy atom. The second kappa shape index (κ2) is 8.18. The topological polar surface area (TPSA) is 72.4 Å².